The maximum atomic E-state index is 12.7. The summed E-state index contributed by atoms with van der Waals surface area (Å²) in [6.45, 7) is 5.59. The Labute approximate surface area is 145 Å². The van der Waals surface area contributed by atoms with Crippen LogP contribution in [0, 0.1) is 13.8 Å². The highest BCUT2D eigenvalue weighted by atomic mass is 32.1. The van der Waals surface area contributed by atoms with Crippen molar-refractivity contribution in [3.63, 3.8) is 0 Å². The Morgan fingerprint density at radius 2 is 2.00 bits per heavy atom. The second-order valence-corrected chi connectivity index (χ2v) is 7.87. The SMILES string of the molecule is Cc1cc(C(=O)N2CCC(c3nc4ccccc4o3)CC2)c(C)s1. The van der Waals surface area contributed by atoms with Gasteiger partial charge in [0.1, 0.15) is 5.52 Å². The fraction of sp³-hybridized carbons (Fsp3) is 0.368. The quantitative estimate of drug-likeness (QED) is 0.689. The summed E-state index contributed by atoms with van der Waals surface area (Å²) in [7, 11) is 0. The van der Waals surface area contributed by atoms with Gasteiger partial charge in [0.25, 0.3) is 5.91 Å². The molecule has 4 rings (SSSR count). The van der Waals surface area contributed by atoms with E-state index in [0.717, 1.165) is 53.4 Å². The average molecular weight is 340 g/mol. The molecule has 1 fully saturated rings. The number of para-hydroxylation sites is 2. The molecule has 1 aliphatic rings. The smallest absolute Gasteiger partial charge is 0.254 e. The van der Waals surface area contributed by atoms with Crippen molar-refractivity contribution >= 4 is 28.3 Å². The van der Waals surface area contributed by atoms with Crippen molar-refractivity contribution in [3.05, 3.63) is 51.5 Å². The van der Waals surface area contributed by atoms with Crippen LogP contribution in [0.2, 0.25) is 0 Å². The molecule has 1 saturated heterocycles. The summed E-state index contributed by atoms with van der Waals surface area (Å²) in [6.07, 6.45) is 1.81. The fourth-order valence-corrected chi connectivity index (χ4v) is 4.32. The number of hydrogen-bond donors (Lipinski definition) is 0. The van der Waals surface area contributed by atoms with Gasteiger partial charge in [-0.05, 0) is 44.9 Å². The van der Waals surface area contributed by atoms with E-state index in [1.165, 1.54) is 4.88 Å². The minimum Gasteiger partial charge on any atom is -0.440 e. The Hall–Kier alpha value is -2.14. The predicted octanol–water partition coefficient (Wildman–Crippen LogP) is 4.53. The molecule has 1 aliphatic heterocycles. The predicted molar refractivity (Wildman–Crippen MR) is 95.7 cm³/mol. The van der Waals surface area contributed by atoms with Gasteiger partial charge in [-0.2, -0.15) is 0 Å². The van der Waals surface area contributed by atoms with Crippen LogP contribution in [0.5, 0.6) is 0 Å². The lowest BCUT2D eigenvalue weighted by molar-refractivity contribution is 0.0706. The molecule has 5 heteroatoms. The molecule has 0 unspecified atom stereocenters. The number of benzene rings is 1. The van der Waals surface area contributed by atoms with Crippen LogP contribution >= 0.6 is 11.3 Å². The number of piperidine rings is 1. The Kier molecular flexibility index (Phi) is 3.88. The number of aryl methyl sites for hydroxylation is 2. The molecule has 1 aromatic carbocycles. The topological polar surface area (TPSA) is 46.3 Å². The number of oxazole rings is 1. The van der Waals surface area contributed by atoms with Gasteiger partial charge in [-0.3, -0.25) is 4.79 Å². The van der Waals surface area contributed by atoms with E-state index in [0.29, 0.717) is 5.92 Å². The number of amides is 1. The number of thiophene rings is 1. The Balaban J connectivity index is 1.46. The summed E-state index contributed by atoms with van der Waals surface area (Å²) >= 11 is 1.69. The van der Waals surface area contributed by atoms with Gasteiger partial charge in [0.2, 0.25) is 0 Å². The first-order valence-electron chi connectivity index (χ1n) is 8.33. The van der Waals surface area contributed by atoms with Gasteiger partial charge in [-0.25, -0.2) is 4.98 Å². The lowest BCUT2D eigenvalue weighted by atomic mass is 9.96. The number of carbonyl (C=O) groups excluding carboxylic acids is 1. The second kappa shape index (κ2) is 6.06. The van der Waals surface area contributed by atoms with Crippen molar-refractivity contribution < 1.29 is 9.21 Å². The van der Waals surface area contributed by atoms with Crippen LogP contribution in [0.1, 0.15) is 44.8 Å². The third kappa shape index (κ3) is 2.73. The fourth-order valence-electron chi connectivity index (χ4n) is 3.41. The summed E-state index contributed by atoms with van der Waals surface area (Å²) in [6, 6.07) is 9.87. The third-order valence-corrected chi connectivity index (χ3v) is 5.68. The van der Waals surface area contributed by atoms with Crippen LogP contribution < -0.4 is 0 Å². The van der Waals surface area contributed by atoms with E-state index >= 15 is 0 Å². The lowest BCUT2D eigenvalue weighted by Gasteiger charge is -2.30. The zero-order valence-corrected chi connectivity index (χ0v) is 14.7. The maximum absolute atomic E-state index is 12.7. The molecular formula is C19H20N2O2S. The average Bonchev–Trinajstić information content (AvgIpc) is 3.17. The van der Waals surface area contributed by atoms with Gasteiger partial charge in [-0.15, -0.1) is 11.3 Å². The van der Waals surface area contributed by atoms with E-state index in [1.54, 1.807) is 11.3 Å². The van der Waals surface area contributed by atoms with Gasteiger partial charge in [-0.1, -0.05) is 12.1 Å². The van der Waals surface area contributed by atoms with Crippen LogP contribution in [0.15, 0.2) is 34.7 Å². The van der Waals surface area contributed by atoms with Gasteiger partial charge in [0.15, 0.2) is 11.5 Å². The molecule has 0 spiro atoms. The molecule has 0 aliphatic carbocycles. The standard InChI is InChI=1S/C19H20N2O2S/c1-12-11-15(13(2)24-12)19(22)21-9-7-14(8-10-21)18-20-16-5-3-4-6-17(16)23-18/h3-6,11,14H,7-10H2,1-2H3. The van der Waals surface area contributed by atoms with Gasteiger partial charge in [0, 0.05) is 28.8 Å². The minimum atomic E-state index is 0.160. The zero-order valence-electron chi connectivity index (χ0n) is 13.9. The summed E-state index contributed by atoms with van der Waals surface area (Å²) < 4.78 is 5.90. The first-order valence-corrected chi connectivity index (χ1v) is 9.15. The van der Waals surface area contributed by atoms with Crippen LogP contribution in [-0.2, 0) is 0 Å². The number of carbonyl (C=O) groups is 1. The van der Waals surface area contributed by atoms with Crippen LogP contribution in [0.25, 0.3) is 11.1 Å². The molecule has 124 valence electrons. The number of likely N-dealkylation sites (tertiary alicyclic amines) is 1. The Morgan fingerprint density at radius 1 is 1.25 bits per heavy atom. The monoisotopic (exact) mass is 340 g/mol. The van der Waals surface area contributed by atoms with Crippen molar-refractivity contribution in [2.24, 2.45) is 0 Å². The normalized spacial score (nSPS) is 16.0. The van der Waals surface area contributed by atoms with Crippen molar-refractivity contribution in [1.82, 2.24) is 9.88 Å². The number of aromatic nitrogens is 1. The summed E-state index contributed by atoms with van der Waals surface area (Å²) in [4.78, 5) is 21.6. The molecule has 3 aromatic rings. The van der Waals surface area contributed by atoms with E-state index in [9.17, 15) is 4.79 Å². The largest absolute Gasteiger partial charge is 0.440 e. The highest BCUT2D eigenvalue weighted by Gasteiger charge is 2.28. The lowest BCUT2D eigenvalue weighted by Crippen LogP contribution is -2.38. The van der Waals surface area contributed by atoms with Crippen LogP contribution in [0.4, 0.5) is 0 Å². The van der Waals surface area contributed by atoms with Crippen molar-refractivity contribution in [2.45, 2.75) is 32.6 Å². The van der Waals surface area contributed by atoms with E-state index < -0.39 is 0 Å². The van der Waals surface area contributed by atoms with E-state index in [1.807, 2.05) is 49.1 Å². The molecule has 3 heterocycles. The molecule has 0 bridgehead atoms. The van der Waals surface area contributed by atoms with Gasteiger partial charge >= 0.3 is 0 Å². The number of nitrogens with zero attached hydrogens (tertiary/aromatic N) is 2. The highest BCUT2D eigenvalue weighted by Crippen LogP contribution is 2.31. The Bertz CT molecular complexity index is 855. The van der Waals surface area contributed by atoms with Gasteiger partial charge < -0.3 is 9.32 Å². The molecule has 1 amide bonds. The van der Waals surface area contributed by atoms with E-state index in [4.69, 9.17) is 4.42 Å². The summed E-state index contributed by atoms with van der Waals surface area (Å²) in [5, 5.41) is 0. The molecule has 0 saturated carbocycles. The van der Waals surface area contributed by atoms with Gasteiger partial charge in [0.05, 0.1) is 5.56 Å². The second-order valence-electron chi connectivity index (χ2n) is 6.41. The number of rotatable bonds is 2. The van der Waals surface area contributed by atoms with Crippen molar-refractivity contribution in [2.75, 3.05) is 13.1 Å². The van der Waals surface area contributed by atoms with Crippen molar-refractivity contribution in [3.8, 4) is 0 Å². The zero-order chi connectivity index (χ0) is 16.7. The molecule has 0 radical (unpaired) electrons. The molecule has 24 heavy (non-hydrogen) atoms. The minimum absolute atomic E-state index is 0.160. The van der Waals surface area contributed by atoms with Crippen LogP contribution in [0.3, 0.4) is 0 Å². The molecule has 2 aromatic heterocycles. The summed E-state index contributed by atoms with van der Waals surface area (Å²) in [5.74, 6) is 1.27. The van der Waals surface area contributed by atoms with E-state index in [-0.39, 0.29) is 5.91 Å². The van der Waals surface area contributed by atoms with Crippen molar-refractivity contribution in [1.29, 1.82) is 0 Å². The maximum Gasteiger partial charge on any atom is 0.254 e. The van der Waals surface area contributed by atoms with Crippen LogP contribution in [-0.4, -0.2) is 28.9 Å². The molecule has 4 nitrogen and oxygen atoms in total. The first-order chi connectivity index (χ1) is 11.6. The molecule has 0 N–H and O–H groups in total. The third-order valence-electron chi connectivity index (χ3n) is 4.71. The number of hydrogen-bond acceptors (Lipinski definition) is 4. The molecule has 0 atom stereocenters. The summed E-state index contributed by atoms with van der Waals surface area (Å²) in [5.41, 5.74) is 2.61. The van der Waals surface area contributed by atoms with E-state index in [2.05, 4.69) is 4.98 Å². The Morgan fingerprint density at radius 3 is 2.67 bits per heavy atom. The first kappa shape index (κ1) is 15.4. The molecular weight excluding hydrogens is 320 g/mol. The number of fused-ring (bicyclic) bond motifs is 1. The highest BCUT2D eigenvalue weighted by molar-refractivity contribution is 7.12.